The van der Waals surface area contributed by atoms with E-state index >= 15 is 0 Å². The maximum atomic E-state index is 7.56. The van der Waals surface area contributed by atoms with Crippen molar-refractivity contribution in [2.24, 2.45) is 11.8 Å². The fourth-order valence-corrected chi connectivity index (χ4v) is 8.75. The van der Waals surface area contributed by atoms with Crippen LogP contribution in [0.15, 0.2) is 121 Å². The van der Waals surface area contributed by atoms with Crippen molar-refractivity contribution in [3.63, 3.8) is 0 Å². The highest BCUT2D eigenvalue weighted by molar-refractivity contribution is 7.44. The molecule has 0 radical (unpaired) electrons. The van der Waals surface area contributed by atoms with E-state index < -0.39 is 19.7 Å². The van der Waals surface area contributed by atoms with Crippen molar-refractivity contribution < 1.29 is 9.05 Å². The fraction of sp³-hybridized carbons (Fsp3) is 0.314. The number of benzene rings is 4. The largest absolute Gasteiger partial charge is 0.305 e. The molecule has 2 aliphatic heterocycles. The summed E-state index contributed by atoms with van der Waals surface area (Å²) in [5.41, 5.74) is 3.38. The van der Waals surface area contributed by atoms with E-state index in [1.807, 2.05) is 0 Å². The van der Waals surface area contributed by atoms with E-state index in [9.17, 15) is 0 Å². The molecular formula is C35H38NO2P. The Kier molecular flexibility index (Phi) is 7.69. The smallest absolute Gasteiger partial charge is 0.261 e. The lowest BCUT2D eigenvalue weighted by Crippen LogP contribution is -2.45. The molecule has 0 amide bonds. The van der Waals surface area contributed by atoms with Crippen molar-refractivity contribution in [3.8, 4) is 0 Å². The summed E-state index contributed by atoms with van der Waals surface area (Å²) in [5, 5.41) is 0. The summed E-state index contributed by atoms with van der Waals surface area (Å²) in [6, 6.07) is 43.3. The minimum Gasteiger partial charge on any atom is -0.305 e. The van der Waals surface area contributed by atoms with Gasteiger partial charge in [0.25, 0.3) is 8.53 Å². The molecule has 2 unspecified atom stereocenters. The second-order valence-corrected chi connectivity index (χ2v) is 12.4. The second-order valence-electron chi connectivity index (χ2n) is 10.9. The summed E-state index contributed by atoms with van der Waals surface area (Å²) in [5.74, 6) is 0.167. The van der Waals surface area contributed by atoms with Gasteiger partial charge in [0.15, 0.2) is 0 Å². The summed E-state index contributed by atoms with van der Waals surface area (Å²) in [6.07, 6.45) is 3.60. The number of nitrogens with zero attached hydrogens (tertiary/aromatic N) is 1. The predicted molar refractivity (Wildman–Crippen MR) is 160 cm³/mol. The van der Waals surface area contributed by atoms with Gasteiger partial charge in [-0.3, -0.25) is 0 Å². The van der Waals surface area contributed by atoms with Gasteiger partial charge in [-0.2, -0.15) is 0 Å². The molecule has 3 nitrogen and oxygen atoms in total. The maximum Gasteiger partial charge on any atom is 0.261 e. The van der Waals surface area contributed by atoms with Gasteiger partial charge >= 0.3 is 0 Å². The van der Waals surface area contributed by atoms with Crippen LogP contribution >= 0.6 is 8.53 Å². The van der Waals surface area contributed by atoms with E-state index in [0.29, 0.717) is 0 Å². The Morgan fingerprint density at radius 1 is 0.513 bits per heavy atom. The van der Waals surface area contributed by atoms with E-state index in [1.165, 1.54) is 41.5 Å². The highest BCUT2D eigenvalue weighted by Crippen LogP contribution is 2.66. The molecule has 0 aromatic heterocycles. The molecule has 3 atom stereocenters. The van der Waals surface area contributed by atoms with Crippen LogP contribution < -0.4 is 0 Å². The minimum atomic E-state index is -1.41. The summed E-state index contributed by atoms with van der Waals surface area (Å²) in [4.78, 5) is 0. The van der Waals surface area contributed by atoms with Crippen LogP contribution in [0.3, 0.4) is 0 Å². The summed E-state index contributed by atoms with van der Waals surface area (Å²) >= 11 is 0. The Morgan fingerprint density at radius 2 is 0.821 bits per heavy atom. The van der Waals surface area contributed by atoms with E-state index in [2.05, 4.69) is 140 Å². The van der Waals surface area contributed by atoms with Crippen LogP contribution in [0, 0.1) is 11.8 Å². The summed E-state index contributed by atoms with van der Waals surface area (Å²) < 4.78 is 17.6. The van der Waals surface area contributed by atoms with Gasteiger partial charge in [-0.25, -0.2) is 4.67 Å². The van der Waals surface area contributed by atoms with Crippen LogP contribution in [0.1, 0.15) is 55.4 Å². The first-order valence-corrected chi connectivity index (χ1v) is 15.4. The Bertz CT molecular complexity index is 1150. The van der Waals surface area contributed by atoms with Crippen molar-refractivity contribution in [2.45, 2.75) is 44.3 Å². The van der Waals surface area contributed by atoms with Gasteiger partial charge in [-0.05, 0) is 35.1 Å². The van der Waals surface area contributed by atoms with E-state index in [4.69, 9.17) is 9.05 Å². The van der Waals surface area contributed by atoms with Crippen LogP contribution in [-0.2, 0) is 20.2 Å². The zero-order valence-electron chi connectivity index (χ0n) is 22.9. The molecule has 2 heterocycles. The standard InChI is InChI=1S/C35H38NO2P/c1-28-29(2)35(32-22-12-5-13-23-32,33-24-14-6-15-25-33)38-39(36-26-16-7-17-27-36)37-34(28,30-18-8-3-9-19-30)31-20-10-4-11-21-31/h3-6,8-15,18-25,28-29H,7,16-17,26-27H2,1-2H3/t28-,29?,39?/m1/s1. The SMILES string of the molecule is CC1[C@@H](C)C(c2ccccc2)(c2ccccc2)OP(N2CCCCC2)OC1(c1ccccc1)c1ccccc1. The lowest BCUT2D eigenvalue weighted by molar-refractivity contribution is 0.0130. The Labute approximate surface area is 234 Å². The van der Waals surface area contributed by atoms with Crippen molar-refractivity contribution in [1.82, 2.24) is 4.67 Å². The molecule has 2 aliphatic rings. The van der Waals surface area contributed by atoms with E-state index in [1.54, 1.807) is 0 Å². The van der Waals surface area contributed by atoms with Gasteiger partial charge in [0.2, 0.25) is 0 Å². The molecule has 200 valence electrons. The third-order valence-corrected chi connectivity index (χ3v) is 10.6. The van der Waals surface area contributed by atoms with Crippen molar-refractivity contribution in [1.29, 1.82) is 0 Å². The zero-order chi connectivity index (χ0) is 26.7. The third kappa shape index (κ3) is 4.66. The second kappa shape index (κ2) is 11.4. The van der Waals surface area contributed by atoms with Gasteiger partial charge in [0.05, 0.1) is 0 Å². The first-order valence-electron chi connectivity index (χ1n) is 14.3. The Morgan fingerprint density at radius 3 is 1.13 bits per heavy atom. The molecule has 2 saturated heterocycles. The van der Waals surface area contributed by atoms with Gasteiger partial charge < -0.3 is 9.05 Å². The molecule has 2 fully saturated rings. The van der Waals surface area contributed by atoms with E-state index in [0.717, 1.165) is 13.1 Å². The monoisotopic (exact) mass is 535 g/mol. The zero-order valence-corrected chi connectivity index (χ0v) is 23.8. The van der Waals surface area contributed by atoms with Crippen LogP contribution in [0.2, 0.25) is 0 Å². The first kappa shape index (κ1) is 26.4. The number of rotatable bonds is 5. The van der Waals surface area contributed by atoms with Crippen LogP contribution in [0.4, 0.5) is 0 Å². The topological polar surface area (TPSA) is 21.7 Å². The highest BCUT2D eigenvalue weighted by Gasteiger charge is 2.58. The van der Waals surface area contributed by atoms with Crippen LogP contribution in [0.5, 0.6) is 0 Å². The first-order chi connectivity index (χ1) is 19.2. The van der Waals surface area contributed by atoms with Gasteiger partial charge in [-0.1, -0.05) is 142 Å². The van der Waals surface area contributed by atoms with Crippen LogP contribution in [-0.4, -0.2) is 17.8 Å². The number of hydrogen-bond acceptors (Lipinski definition) is 3. The fourth-order valence-electron chi connectivity index (χ4n) is 6.63. The molecule has 0 bridgehead atoms. The summed E-state index contributed by atoms with van der Waals surface area (Å²) in [7, 11) is -1.41. The van der Waals surface area contributed by atoms with Gasteiger partial charge in [0.1, 0.15) is 11.2 Å². The minimum absolute atomic E-state index is 0.0833. The van der Waals surface area contributed by atoms with Crippen molar-refractivity contribution in [3.05, 3.63) is 144 Å². The lowest BCUT2D eigenvalue weighted by atomic mass is 9.64. The predicted octanol–water partition coefficient (Wildman–Crippen LogP) is 8.91. The molecule has 4 aromatic carbocycles. The molecule has 0 N–H and O–H groups in total. The molecule has 0 saturated carbocycles. The average molecular weight is 536 g/mol. The van der Waals surface area contributed by atoms with Gasteiger partial charge in [0, 0.05) is 24.9 Å². The molecule has 6 rings (SSSR count). The van der Waals surface area contributed by atoms with Crippen LogP contribution in [0.25, 0.3) is 0 Å². The molecular weight excluding hydrogens is 497 g/mol. The van der Waals surface area contributed by atoms with E-state index in [-0.39, 0.29) is 11.8 Å². The molecule has 0 spiro atoms. The molecule has 0 aliphatic carbocycles. The Balaban J connectivity index is 1.64. The molecule has 4 aromatic rings. The normalized spacial score (nSPS) is 25.0. The number of piperidine rings is 1. The average Bonchev–Trinajstić information content (AvgIpc) is 3.13. The van der Waals surface area contributed by atoms with Crippen molar-refractivity contribution >= 4 is 8.53 Å². The maximum absolute atomic E-state index is 7.56. The quantitative estimate of drug-likeness (QED) is 0.238. The molecule has 39 heavy (non-hydrogen) atoms. The van der Waals surface area contributed by atoms with Crippen molar-refractivity contribution in [2.75, 3.05) is 13.1 Å². The van der Waals surface area contributed by atoms with Gasteiger partial charge in [-0.15, -0.1) is 0 Å². The highest BCUT2D eigenvalue weighted by atomic mass is 31.2. The third-order valence-electron chi connectivity index (χ3n) is 8.85. The number of hydrogen-bond donors (Lipinski definition) is 0. The Hall–Kier alpha value is -2.81. The lowest BCUT2D eigenvalue weighted by Gasteiger charge is -2.44. The summed E-state index contributed by atoms with van der Waals surface area (Å²) in [6.45, 7) is 6.72. The molecule has 4 heteroatoms.